The predicted octanol–water partition coefficient (Wildman–Crippen LogP) is 3.18. The zero-order valence-electron chi connectivity index (χ0n) is 10.5. The summed E-state index contributed by atoms with van der Waals surface area (Å²) in [6.07, 6.45) is 3.17. The summed E-state index contributed by atoms with van der Waals surface area (Å²) >= 11 is 1.81. The van der Waals surface area contributed by atoms with E-state index in [0.717, 1.165) is 32.4 Å². The molecule has 0 spiro atoms. The second kappa shape index (κ2) is 5.54. The number of rotatable bonds is 3. The first-order valence-electron chi connectivity index (χ1n) is 6.34. The van der Waals surface area contributed by atoms with Gasteiger partial charge in [-0.1, -0.05) is 13.3 Å². The maximum absolute atomic E-state index is 12.0. The third-order valence-electron chi connectivity index (χ3n) is 3.34. The normalized spacial score (nSPS) is 18.9. The molecule has 2 heterocycles. The molecule has 1 N–H and O–H groups in total. The second-order valence-electron chi connectivity index (χ2n) is 4.50. The molecule has 17 heavy (non-hydrogen) atoms. The molecule has 0 aromatic carbocycles. The zero-order valence-corrected chi connectivity index (χ0v) is 11.3. The quantitative estimate of drug-likeness (QED) is 0.823. The summed E-state index contributed by atoms with van der Waals surface area (Å²) in [5, 5.41) is 5.12. The number of carbonyl (C=O) groups excluding carboxylic acids is 1. The van der Waals surface area contributed by atoms with E-state index in [0.29, 0.717) is 0 Å². The van der Waals surface area contributed by atoms with Crippen molar-refractivity contribution < 1.29 is 4.79 Å². The third-order valence-corrected chi connectivity index (χ3v) is 4.34. The molecule has 1 atom stereocenters. The number of hydrogen-bond acceptors (Lipinski definition) is 2. The van der Waals surface area contributed by atoms with Crippen LogP contribution >= 0.6 is 11.3 Å². The largest absolute Gasteiger partial charge is 0.338 e. The lowest BCUT2D eigenvalue weighted by Gasteiger charge is -2.33. The average molecular weight is 252 g/mol. The monoisotopic (exact) mass is 252 g/mol. The summed E-state index contributed by atoms with van der Waals surface area (Å²) in [7, 11) is 0. The van der Waals surface area contributed by atoms with E-state index in [2.05, 4.69) is 30.6 Å². The molecule has 1 aliphatic heterocycles. The number of unbranched alkanes of at least 4 members (excludes halogenated alkanes) is 1. The molecule has 2 amide bonds. The lowest BCUT2D eigenvalue weighted by molar-refractivity contribution is 0.175. The first kappa shape index (κ1) is 12.4. The van der Waals surface area contributed by atoms with Gasteiger partial charge in [0.15, 0.2) is 0 Å². The van der Waals surface area contributed by atoms with Gasteiger partial charge in [-0.15, -0.1) is 11.3 Å². The molecule has 1 aliphatic rings. The van der Waals surface area contributed by atoms with Crippen molar-refractivity contribution in [3.8, 4) is 0 Å². The zero-order chi connectivity index (χ0) is 12.3. The molecule has 2 rings (SSSR count). The summed E-state index contributed by atoms with van der Waals surface area (Å²) < 4.78 is 0. The minimum absolute atomic E-state index is 0.0859. The summed E-state index contributed by atoms with van der Waals surface area (Å²) in [5.41, 5.74) is 1.33. The Hall–Kier alpha value is -1.03. The van der Waals surface area contributed by atoms with Crippen LogP contribution in [0.2, 0.25) is 0 Å². The molecular weight excluding hydrogens is 232 g/mol. The molecule has 0 fully saturated rings. The molecule has 0 radical (unpaired) electrons. The standard InChI is InChI=1S/C13H20N2OS/c1-3-4-7-14-13(16)15-8-5-12-11(10(15)2)6-9-17-12/h6,9-10H,3-5,7-8H2,1-2H3,(H,14,16)/t10-/m0/s1. The van der Waals surface area contributed by atoms with E-state index >= 15 is 0 Å². The number of nitrogens with one attached hydrogen (secondary N) is 1. The molecule has 0 saturated heterocycles. The van der Waals surface area contributed by atoms with E-state index in [1.807, 2.05) is 4.90 Å². The van der Waals surface area contributed by atoms with E-state index in [4.69, 9.17) is 0 Å². The smallest absolute Gasteiger partial charge is 0.317 e. The van der Waals surface area contributed by atoms with E-state index in [1.165, 1.54) is 10.4 Å². The van der Waals surface area contributed by atoms with E-state index in [9.17, 15) is 4.79 Å². The number of amides is 2. The van der Waals surface area contributed by atoms with Crippen LogP contribution in [0.5, 0.6) is 0 Å². The van der Waals surface area contributed by atoms with E-state index in [1.54, 1.807) is 11.3 Å². The molecule has 1 aromatic rings. The fraction of sp³-hybridized carbons (Fsp3) is 0.615. The minimum atomic E-state index is 0.0859. The van der Waals surface area contributed by atoms with E-state index < -0.39 is 0 Å². The van der Waals surface area contributed by atoms with Gasteiger partial charge in [-0.3, -0.25) is 0 Å². The van der Waals surface area contributed by atoms with Gasteiger partial charge in [-0.2, -0.15) is 0 Å². The van der Waals surface area contributed by atoms with Crippen molar-refractivity contribution in [3.05, 3.63) is 21.9 Å². The molecule has 1 aromatic heterocycles. The lowest BCUT2D eigenvalue weighted by atomic mass is 10.0. The summed E-state index contributed by atoms with van der Waals surface area (Å²) in [5.74, 6) is 0. The second-order valence-corrected chi connectivity index (χ2v) is 5.50. The van der Waals surface area contributed by atoms with Crippen molar-refractivity contribution in [1.82, 2.24) is 10.2 Å². The molecule has 0 unspecified atom stereocenters. The van der Waals surface area contributed by atoms with Crippen molar-refractivity contribution >= 4 is 17.4 Å². The van der Waals surface area contributed by atoms with E-state index in [-0.39, 0.29) is 12.1 Å². The van der Waals surface area contributed by atoms with Crippen LogP contribution in [0.15, 0.2) is 11.4 Å². The van der Waals surface area contributed by atoms with Gasteiger partial charge < -0.3 is 10.2 Å². The Morgan fingerprint density at radius 2 is 2.47 bits per heavy atom. The van der Waals surface area contributed by atoms with Crippen LogP contribution < -0.4 is 5.32 Å². The van der Waals surface area contributed by atoms with Crippen LogP contribution in [0.25, 0.3) is 0 Å². The van der Waals surface area contributed by atoms with Gasteiger partial charge in [0.1, 0.15) is 0 Å². The number of carbonyl (C=O) groups is 1. The fourth-order valence-corrected chi connectivity index (χ4v) is 3.22. The maximum Gasteiger partial charge on any atom is 0.317 e. The van der Waals surface area contributed by atoms with Crippen LogP contribution in [0, 0.1) is 0 Å². The average Bonchev–Trinajstić information content (AvgIpc) is 2.78. The summed E-state index contributed by atoms with van der Waals surface area (Å²) in [4.78, 5) is 15.4. The van der Waals surface area contributed by atoms with Gasteiger partial charge >= 0.3 is 6.03 Å². The number of urea groups is 1. The van der Waals surface area contributed by atoms with Crippen molar-refractivity contribution in [1.29, 1.82) is 0 Å². The summed E-state index contributed by atoms with van der Waals surface area (Å²) in [6, 6.07) is 2.45. The Labute approximate surface area is 107 Å². The molecule has 0 bridgehead atoms. The Kier molecular flexibility index (Phi) is 4.05. The minimum Gasteiger partial charge on any atom is -0.338 e. The van der Waals surface area contributed by atoms with Gasteiger partial charge in [-0.25, -0.2) is 4.79 Å². The van der Waals surface area contributed by atoms with Crippen molar-refractivity contribution in [3.63, 3.8) is 0 Å². The number of hydrogen-bond donors (Lipinski definition) is 1. The van der Waals surface area contributed by atoms with Crippen LogP contribution in [-0.2, 0) is 6.42 Å². The van der Waals surface area contributed by atoms with Gasteiger partial charge in [0, 0.05) is 18.0 Å². The Morgan fingerprint density at radius 3 is 3.24 bits per heavy atom. The first-order chi connectivity index (χ1) is 8.24. The SMILES string of the molecule is CCCCNC(=O)N1CCc2sccc2[C@@H]1C. The number of nitrogens with zero attached hydrogens (tertiary/aromatic N) is 1. The highest BCUT2D eigenvalue weighted by atomic mass is 32.1. The van der Waals surface area contributed by atoms with Crippen LogP contribution in [0.4, 0.5) is 4.79 Å². The number of fused-ring (bicyclic) bond motifs is 1. The fourth-order valence-electron chi connectivity index (χ4n) is 2.26. The number of thiophene rings is 1. The molecule has 4 heteroatoms. The molecule has 3 nitrogen and oxygen atoms in total. The molecule has 94 valence electrons. The van der Waals surface area contributed by atoms with Gasteiger partial charge in [0.25, 0.3) is 0 Å². The predicted molar refractivity (Wildman–Crippen MR) is 71.5 cm³/mol. The van der Waals surface area contributed by atoms with Crippen molar-refractivity contribution in [2.24, 2.45) is 0 Å². The topological polar surface area (TPSA) is 32.3 Å². The van der Waals surface area contributed by atoms with Crippen molar-refractivity contribution in [2.75, 3.05) is 13.1 Å². The van der Waals surface area contributed by atoms with Gasteiger partial charge in [-0.05, 0) is 36.8 Å². The van der Waals surface area contributed by atoms with Crippen LogP contribution in [0.3, 0.4) is 0 Å². The Balaban J connectivity index is 1.97. The highest BCUT2D eigenvalue weighted by molar-refractivity contribution is 7.10. The summed E-state index contributed by atoms with van der Waals surface area (Å²) in [6.45, 7) is 5.87. The highest BCUT2D eigenvalue weighted by Gasteiger charge is 2.27. The van der Waals surface area contributed by atoms with Crippen LogP contribution in [-0.4, -0.2) is 24.0 Å². The van der Waals surface area contributed by atoms with Crippen LogP contribution in [0.1, 0.15) is 43.2 Å². The highest BCUT2D eigenvalue weighted by Crippen LogP contribution is 2.32. The third kappa shape index (κ3) is 2.63. The molecule has 0 aliphatic carbocycles. The van der Waals surface area contributed by atoms with Gasteiger partial charge in [0.2, 0.25) is 0 Å². The Bertz CT molecular complexity index is 389. The maximum atomic E-state index is 12.0. The lowest BCUT2D eigenvalue weighted by Crippen LogP contribution is -2.44. The molecular formula is C13H20N2OS. The first-order valence-corrected chi connectivity index (χ1v) is 7.22. The van der Waals surface area contributed by atoms with Crippen molar-refractivity contribution in [2.45, 2.75) is 39.2 Å². The molecule has 0 saturated carbocycles. The van der Waals surface area contributed by atoms with Gasteiger partial charge in [0.05, 0.1) is 6.04 Å². The Morgan fingerprint density at radius 1 is 1.65 bits per heavy atom.